The number of hydrogen-bond acceptors (Lipinski definition) is 4. The number of aromatic nitrogens is 2. The topological polar surface area (TPSA) is 52.1 Å². The van der Waals surface area contributed by atoms with Gasteiger partial charge in [-0.3, -0.25) is 4.90 Å². The molecule has 0 radical (unpaired) electrons. The number of rotatable bonds is 7. The second-order valence-corrected chi connectivity index (χ2v) is 6.87. The number of nitrogens with one attached hydrogen (secondary N) is 1. The fraction of sp³-hybridized carbons (Fsp3) is 0.353. The van der Waals surface area contributed by atoms with Crippen molar-refractivity contribution in [1.82, 2.24) is 14.9 Å². The summed E-state index contributed by atoms with van der Waals surface area (Å²) in [6, 6.07) is 12.4. The third-order valence-corrected chi connectivity index (χ3v) is 4.61. The lowest BCUT2D eigenvalue weighted by molar-refractivity contribution is 0.211. The highest BCUT2D eigenvalue weighted by Gasteiger charge is 2.11. The second kappa shape index (κ2) is 7.05. The zero-order chi connectivity index (χ0) is 15.4. The molecule has 1 aromatic carbocycles. The van der Waals surface area contributed by atoms with Crippen molar-refractivity contribution in [3.05, 3.63) is 52.0 Å². The number of para-hydroxylation sites is 2. The van der Waals surface area contributed by atoms with E-state index in [1.165, 1.54) is 9.75 Å². The lowest BCUT2D eigenvalue weighted by Crippen LogP contribution is -2.24. The van der Waals surface area contributed by atoms with Gasteiger partial charge in [-0.15, -0.1) is 11.3 Å². The Labute approximate surface area is 134 Å². The first-order valence-electron chi connectivity index (χ1n) is 7.57. The molecule has 22 heavy (non-hydrogen) atoms. The zero-order valence-corrected chi connectivity index (χ0v) is 13.6. The number of H-pyrrole nitrogens is 1. The lowest BCUT2D eigenvalue weighted by atomic mass is 10.3. The largest absolute Gasteiger partial charge is 0.396 e. The number of nitrogens with zero attached hydrogens (tertiary/aromatic N) is 2. The monoisotopic (exact) mass is 315 g/mol. The maximum atomic E-state index is 9.12. The van der Waals surface area contributed by atoms with E-state index < -0.39 is 0 Å². The number of aliphatic hydroxyl groups is 1. The van der Waals surface area contributed by atoms with E-state index in [1.54, 1.807) is 0 Å². The van der Waals surface area contributed by atoms with Crippen molar-refractivity contribution in [2.75, 3.05) is 13.2 Å². The van der Waals surface area contributed by atoms with E-state index in [0.717, 1.165) is 42.9 Å². The number of hydrogen-bond donors (Lipinski definition) is 2. The summed E-state index contributed by atoms with van der Waals surface area (Å²) in [4.78, 5) is 13.1. The fourth-order valence-electron chi connectivity index (χ4n) is 2.59. The fourth-order valence-corrected chi connectivity index (χ4v) is 3.52. The van der Waals surface area contributed by atoms with Gasteiger partial charge in [-0.1, -0.05) is 12.1 Å². The summed E-state index contributed by atoms with van der Waals surface area (Å²) in [6.07, 6.45) is 0.782. The van der Waals surface area contributed by atoms with Crippen molar-refractivity contribution in [1.29, 1.82) is 0 Å². The van der Waals surface area contributed by atoms with Crippen LogP contribution in [0.15, 0.2) is 36.4 Å². The Balaban J connectivity index is 1.73. The number of thiophene rings is 1. The van der Waals surface area contributed by atoms with Crippen LogP contribution < -0.4 is 0 Å². The number of fused-ring (bicyclic) bond motifs is 1. The molecule has 5 heteroatoms. The number of imidazole rings is 1. The van der Waals surface area contributed by atoms with E-state index in [4.69, 9.17) is 5.11 Å². The van der Waals surface area contributed by atoms with Crippen LogP contribution in [0.2, 0.25) is 0 Å². The smallest absolute Gasteiger partial charge is 0.121 e. The molecule has 0 aliphatic carbocycles. The van der Waals surface area contributed by atoms with Crippen LogP contribution in [0, 0.1) is 6.92 Å². The highest BCUT2D eigenvalue weighted by molar-refractivity contribution is 7.11. The molecule has 0 spiro atoms. The Bertz CT molecular complexity index is 701. The second-order valence-electron chi connectivity index (χ2n) is 5.50. The molecule has 0 saturated carbocycles. The van der Waals surface area contributed by atoms with Gasteiger partial charge in [0.2, 0.25) is 0 Å². The van der Waals surface area contributed by atoms with E-state index in [-0.39, 0.29) is 6.61 Å². The molecular weight excluding hydrogens is 294 g/mol. The Kier molecular flexibility index (Phi) is 4.87. The average Bonchev–Trinajstić information content (AvgIpc) is 3.10. The average molecular weight is 315 g/mol. The molecule has 3 rings (SSSR count). The maximum Gasteiger partial charge on any atom is 0.121 e. The van der Waals surface area contributed by atoms with Gasteiger partial charge < -0.3 is 10.1 Å². The molecule has 116 valence electrons. The van der Waals surface area contributed by atoms with Crippen LogP contribution >= 0.6 is 11.3 Å². The van der Waals surface area contributed by atoms with E-state index in [9.17, 15) is 0 Å². The van der Waals surface area contributed by atoms with Gasteiger partial charge in [-0.25, -0.2) is 4.98 Å². The third-order valence-electron chi connectivity index (χ3n) is 3.62. The minimum absolute atomic E-state index is 0.222. The molecule has 0 fully saturated rings. The number of benzene rings is 1. The zero-order valence-electron chi connectivity index (χ0n) is 12.7. The van der Waals surface area contributed by atoms with Gasteiger partial charge in [0.1, 0.15) is 5.82 Å². The Morgan fingerprint density at radius 2 is 2.05 bits per heavy atom. The number of aryl methyl sites for hydroxylation is 1. The number of aromatic amines is 1. The van der Waals surface area contributed by atoms with Crippen LogP contribution in [0.1, 0.15) is 22.0 Å². The predicted molar refractivity (Wildman–Crippen MR) is 91.0 cm³/mol. The quantitative estimate of drug-likeness (QED) is 0.703. The Hall–Kier alpha value is -1.69. The summed E-state index contributed by atoms with van der Waals surface area (Å²) in [5.74, 6) is 0.979. The molecule has 3 aromatic rings. The van der Waals surface area contributed by atoms with Gasteiger partial charge in [-0.2, -0.15) is 0 Å². The lowest BCUT2D eigenvalue weighted by Gasteiger charge is -2.20. The molecule has 0 aliphatic rings. The van der Waals surface area contributed by atoms with Crippen LogP contribution in [0.3, 0.4) is 0 Å². The van der Waals surface area contributed by atoms with Gasteiger partial charge in [0, 0.05) is 29.5 Å². The van der Waals surface area contributed by atoms with Gasteiger partial charge in [0.25, 0.3) is 0 Å². The van der Waals surface area contributed by atoms with Crippen LogP contribution in [-0.4, -0.2) is 33.1 Å². The van der Waals surface area contributed by atoms with Gasteiger partial charge in [-0.05, 0) is 37.6 Å². The van der Waals surface area contributed by atoms with Gasteiger partial charge >= 0.3 is 0 Å². The molecule has 0 amide bonds. The SMILES string of the molecule is Cc1ccc(CN(CCCO)Cc2nc3ccccc3[nH]2)s1. The molecule has 0 unspecified atom stereocenters. The third kappa shape index (κ3) is 3.74. The Morgan fingerprint density at radius 1 is 1.18 bits per heavy atom. The van der Waals surface area contributed by atoms with E-state index in [2.05, 4.69) is 33.9 Å². The molecule has 4 nitrogen and oxygen atoms in total. The van der Waals surface area contributed by atoms with Crippen LogP contribution in [0.4, 0.5) is 0 Å². The van der Waals surface area contributed by atoms with Crippen molar-refractivity contribution in [2.45, 2.75) is 26.4 Å². The van der Waals surface area contributed by atoms with E-state index in [0.29, 0.717) is 0 Å². The molecule has 2 heterocycles. The minimum atomic E-state index is 0.222. The molecule has 0 saturated heterocycles. The Morgan fingerprint density at radius 3 is 2.77 bits per heavy atom. The van der Waals surface area contributed by atoms with Crippen molar-refractivity contribution < 1.29 is 5.11 Å². The highest BCUT2D eigenvalue weighted by atomic mass is 32.1. The standard InChI is InChI=1S/C17H21N3OS/c1-13-7-8-14(22-13)11-20(9-4-10-21)12-17-18-15-5-2-3-6-16(15)19-17/h2-3,5-8,21H,4,9-12H2,1H3,(H,18,19). The molecular formula is C17H21N3OS. The summed E-state index contributed by atoms with van der Waals surface area (Å²) in [6.45, 7) is 4.89. The first-order valence-corrected chi connectivity index (χ1v) is 8.38. The summed E-state index contributed by atoms with van der Waals surface area (Å²) in [7, 11) is 0. The van der Waals surface area contributed by atoms with Gasteiger partial charge in [0.05, 0.1) is 17.6 Å². The van der Waals surface area contributed by atoms with Gasteiger partial charge in [0.15, 0.2) is 0 Å². The van der Waals surface area contributed by atoms with Crippen molar-refractivity contribution in [3.8, 4) is 0 Å². The maximum absolute atomic E-state index is 9.12. The van der Waals surface area contributed by atoms with Crippen LogP contribution in [-0.2, 0) is 13.1 Å². The molecule has 0 aliphatic heterocycles. The minimum Gasteiger partial charge on any atom is -0.396 e. The summed E-state index contributed by atoms with van der Waals surface area (Å²) < 4.78 is 0. The van der Waals surface area contributed by atoms with E-state index >= 15 is 0 Å². The number of aliphatic hydroxyl groups excluding tert-OH is 1. The summed E-state index contributed by atoms with van der Waals surface area (Å²) >= 11 is 1.83. The normalized spacial score (nSPS) is 11.6. The summed E-state index contributed by atoms with van der Waals surface area (Å²) in [5, 5.41) is 9.12. The van der Waals surface area contributed by atoms with E-state index in [1.807, 2.05) is 35.6 Å². The van der Waals surface area contributed by atoms with Crippen LogP contribution in [0.25, 0.3) is 11.0 Å². The summed E-state index contributed by atoms with van der Waals surface area (Å²) in [5.41, 5.74) is 2.08. The molecule has 2 N–H and O–H groups in total. The predicted octanol–water partition coefficient (Wildman–Crippen LogP) is 3.32. The van der Waals surface area contributed by atoms with Crippen LogP contribution in [0.5, 0.6) is 0 Å². The van der Waals surface area contributed by atoms with Crippen molar-refractivity contribution in [3.63, 3.8) is 0 Å². The molecule has 2 aromatic heterocycles. The first-order chi connectivity index (χ1) is 10.7. The molecule has 0 atom stereocenters. The van der Waals surface area contributed by atoms with Crippen molar-refractivity contribution >= 4 is 22.4 Å². The highest BCUT2D eigenvalue weighted by Crippen LogP contribution is 2.19. The first kappa shape index (κ1) is 15.2. The molecule has 0 bridgehead atoms. The van der Waals surface area contributed by atoms with Crippen molar-refractivity contribution in [2.24, 2.45) is 0 Å².